The van der Waals surface area contributed by atoms with E-state index in [4.69, 9.17) is 8.83 Å². The van der Waals surface area contributed by atoms with Crippen LogP contribution in [0.3, 0.4) is 0 Å². The molecule has 12 aromatic rings. The third kappa shape index (κ3) is 4.34. The van der Waals surface area contributed by atoms with Gasteiger partial charge in [-0.25, -0.2) is 0 Å². The van der Waals surface area contributed by atoms with Gasteiger partial charge in [-0.1, -0.05) is 133 Å². The maximum absolute atomic E-state index is 6.46. The predicted octanol–water partition coefficient (Wildman–Crippen LogP) is 15.1. The molecule has 0 saturated heterocycles. The molecule has 250 valence electrons. The summed E-state index contributed by atoms with van der Waals surface area (Å²) < 4.78 is 12.9. The average Bonchev–Trinajstić information content (AvgIpc) is 3.78. The summed E-state index contributed by atoms with van der Waals surface area (Å²) in [6.07, 6.45) is 0. The van der Waals surface area contributed by atoms with Gasteiger partial charge in [0, 0.05) is 27.6 Å². The molecular formula is C52H30O2. The van der Waals surface area contributed by atoms with Crippen LogP contribution < -0.4 is 0 Å². The van der Waals surface area contributed by atoms with E-state index >= 15 is 0 Å². The molecule has 2 nitrogen and oxygen atoms in total. The fourth-order valence-electron chi connectivity index (χ4n) is 8.83. The molecule has 12 rings (SSSR count). The maximum Gasteiger partial charge on any atom is 0.139 e. The highest BCUT2D eigenvalue weighted by atomic mass is 16.3. The molecule has 0 unspecified atom stereocenters. The van der Waals surface area contributed by atoms with Crippen LogP contribution in [0.25, 0.3) is 120 Å². The van der Waals surface area contributed by atoms with E-state index in [-0.39, 0.29) is 0 Å². The summed E-state index contributed by atoms with van der Waals surface area (Å²) in [6.45, 7) is 0. The Morgan fingerprint density at radius 1 is 0.222 bits per heavy atom. The fourth-order valence-corrected chi connectivity index (χ4v) is 8.83. The highest BCUT2D eigenvalue weighted by Crippen LogP contribution is 2.43. The predicted molar refractivity (Wildman–Crippen MR) is 227 cm³/mol. The zero-order chi connectivity index (χ0) is 35.3. The van der Waals surface area contributed by atoms with Crippen molar-refractivity contribution in [3.63, 3.8) is 0 Å². The zero-order valence-electron chi connectivity index (χ0n) is 29.1. The third-order valence-electron chi connectivity index (χ3n) is 11.4. The van der Waals surface area contributed by atoms with Crippen LogP contribution in [0.2, 0.25) is 0 Å². The lowest BCUT2D eigenvalue weighted by molar-refractivity contribution is 0.656. The Labute approximate surface area is 310 Å². The van der Waals surface area contributed by atoms with E-state index in [1.54, 1.807) is 0 Å². The van der Waals surface area contributed by atoms with Gasteiger partial charge in [0.25, 0.3) is 0 Å². The van der Waals surface area contributed by atoms with Crippen LogP contribution in [-0.4, -0.2) is 0 Å². The van der Waals surface area contributed by atoms with E-state index in [1.807, 2.05) is 0 Å². The fraction of sp³-hybridized carbons (Fsp3) is 0. The Morgan fingerprint density at radius 3 is 1.46 bits per heavy atom. The van der Waals surface area contributed by atoms with E-state index < -0.39 is 0 Å². The van der Waals surface area contributed by atoms with E-state index in [1.165, 1.54) is 70.9 Å². The molecule has 0 aliphatic heterocycles. The van der Waals surface area contributed by atoms with Crippen molar-refractivity contribution >= 4 is 87.0 Å². The molecule has 0 aliphatic carbocycles. The summed E-state index contributed by atoms with van der Waals surface area (Å²) in [5.74, 6) is 0. The Balaban J connectivity index is 1.02. The number of furan rings is 2. The molecule has 0 aliphatic rings. The van der Waals surface area contributed by atoms with Gasteiger partial charge in [-0.2, -0.15) is 0 Å². The van der Waals surface area contributed by atoms with Crippen molar-refractivity contribution in [3.8, 4) is 33.4 Å². The van der Waals surface area contributed by atoms with Gasteiger partial charge in [-0.05, 0) is 119 Å². The average molecular weight is 687 g/mol. The topological polar surface area (TPSA) is 26.3 Å². The van der Waals surface area contributed by atoms with Crippen molar-refractivity contribution in [2.75, 3.05) is 0 Å². The van der Waals surface area contributed by atoms with Crippen molar-refractivity contribution in [2.24, 2.45) is 0 Å². The molecule has 2 heteroatoms. The van der Waals surface area contributed by atoms with E-state index in [9.17, 15) is 0 Å². The summed E-state index contributed by atoms with van der Waals surface area (Å²) in [5.41, 5.74) is 10.6. The lowest BCUT2D eigenvalue weighted by Gasteiger charge is -2.15. The van der Waals surface area contributed by atoms with Crippen LogP contribution in [-0.2, 0) is 0 Å². The summed E-state index contributed by atoms with van der Waals surface area (Å²) in [6, 6.07) is 65.8. The minimum absolute atomic E-state index is 0.826. The molecule has 0 amide bonds. The first kappa shape index (κ1) is 29.4. The molecule has 54 heavy (non-hydrogen) atoms. The summed E-state index contributed by atoms with van der Waals surface area (Å²) in [7, 11) is 0. The van der Waals surface area contributed by atoms with Gasteiger partial charge >= 0.3 is 0 Å². The summed E-state index contributed by atoms with van der Waals surface area (Å²) in [4.78, 5) is 0. The van der Waals surface area contributed by atoms with Gasteiger partial charge < -0.3 is 8.83 Å². The van der Waals surface area contributed by atoms with Crippen molar-refractivity contribution in [1.82, 2.24) is 0 Å². The van der Waals surface area contributed by atoms with Gasteiger partial charge in [0.1, 0.15) is 22.3 Å². The largest absolute Gasteiger partial charge is 0.456 e. The second kappa shape index (κ2) is 11.2. The minimum Gasteiger partial charge on any atom is -0.456 e. The van der Waals surface area contributed by atoms with Crippen molar-refractivity contribution < 1.29 is 8.83 Å². The van der Waals surface area contributed by atoms with Crippen LogP contribution in [0.1, 0.15) is 0 Å². The molecule has 0 N–H and O–H groups in total. The van der Waals surface area contributed by atoms with Crippen molar-refractivity contribution in [1.29, 1.82) is 0 Å². The molecule has 0 saturated carbocycles. The second-order valence-corrected chi connectivity index (χ2v) is 14.4. The number of rotatable bonds is 3. The van der Waals surface area contributed by atoms with Crippen LogP contribution in [0.4, 0.5) is 0 Å². The van der Waals surface area contributed by atoms with Gasteiger partial charge in [-0.3, -0.25) is 0 Å². The lowest BCUT2D eigenvalue weighted by Crippen LogP contribution is -1.88. The van der Waals surface area contributed by atoms with Crippen LogP contribution in [0.15, 0.2) is 191 Å². The van der Waals surface area contributed by atoms with E-state index in [0.29, 0.717) is 0 Å². The summed E-state index contributed by atoms with van der Waals surface area (Å²) >= 11 is 0. The standard InChI is InChI=1S/C52H30O2/c1-2-10-32-25-33(18-17-31(32)9-1)34-19-23-49-45(26-34)47-29-48-46-28-36(20-24-50(46)54-52(48)30-51(47)53-49)38-21-22-43(41-15-7-5-14-40(38)41)44-27-35-11-3-4-12-37(35)39-13-6-8-16-42(39)44/h1-30H. The molecule has 10 aromatic carbocycles. The number of hydrogen-bond donors (Lipinski definition) is 0. The molecule has 0 fully saturated rings. The molecule has 2 heterocycles. The maximum atomic E-state index is 6.46. The highest BCUT2D eigenvalue weighted by Gasteiger charge is 2.17. The molecule has 0 atom stereocenters. The molecule has 0 bridgehead atoms. The van der Waals surface area contributed by atoms with Crippen molar-refractivity contribution in [3.05, 3.63) is 182 Å². The SMILES string of the molecule is c1ccc2cc(-c3ccc4oc5cc6oc7ccc(-c8ccc(-c9cc%10ccccc%10c%10ccccc9%10)c9ccccc89)cc7c6cc5c4c3)ccc2c1. The van der Waals surface area contributed by atoms with Crippen LogP contribution in [0.5, 0.6) is 0 Å². The molecule has 2 aromatic heterocycles. The first-order valence-electron chi connectivity index (χ1n) is 18.5. The van der Waals surface area contributed by atoms with Crippen LogP contribution >= 0.6 is 0 Å². The Kier molecular flexibility index (Phi) is 6.09. The van der Waals surface area contributed by atoms with Crippen LogP contribution in [0, 0.1) is 0 Å². The Hall–Kier alpha value is -7.16. The first-order chi connectivity index (χ1) is 26.7. The number of benzene rings is 10. The normalized spacial score (nSPS) is 12.1. The molecule has 0 spiro atoms. The minimum atomic E-state index is 0.826. The second-order valence-electron chi connectivity index (χ2n) is 14.4. The first-order valence-corrected chi connectivity index (χ1v) is 18.5. The quantitative estimate of drug-likeness (QED) is 0.173. The highest BCUT2D eigenvalue weighted by molar-refractivity contribution is 6.19. The zero-order valence-corrected chi connectivity index (χ0v) is 29.1. The Bertz CT molecular complexity index is 3510. The number of fused-ring (bicyclic) bond motifs is 11. The van der Waals surface area contributed by atoms with Crippen molar-refractivity contribution in [2.45, 2.75) is 0 Å². The van der Waals surface area contributed by atoms with Gasteiger partial charge in [0.05, 0.1) is 0 Å². The van der Waals surface area contributed by atoms with E-state index in [0.717, 1.165) is 49.4 Å². The Morgan fingerprint density at radius 2 is 0.722 bits per heavy atom. The lowest BCUT2D eigenvalue weighted by atomic mass is 9.88. The molecular weight excluding hydrogens is 657 g/mol. The monoisotopic (exact) mass is 686 g/mol. The number of hydrogen-bond acceptors (Lipinski definition) is 2. The van der Waals surface area contributed by atoms with Gasteiger partial charge in [0.15, 0.2) is 0 Å². The summed E-state index contributed by atoms with van der Waals surface area (Å²) in [5, 5.41) is 14.4. The smallest absolute Gasteiger partial charge is 0.139 e. The van der Waals surface area contributed by atoms with E-state index in [2.05, 4.69) is 182 Å². The third-order valence-corrected chi connectivity index (χ3v) is 11.4. The van der Waals surface area contributed by atoms with Gasteiger partial charge in [-0.15, -0.1) is 0 Å². The molecule has 0 radical (unpaired) electrons. The van der Waals surface area contributed by atoms with Gasteiger partial charge in [0.2, 0.25) is 0 Å².